The summed E-state index contributed by atoms with van der Waals surface area (Å²) in [5.74, 6) is -4.07. The Labute approximate surface area is 189 Å². The van der Waals surface area contributed by atoms with Crippen molar-refractivity contribution in [2.24, 2.45) is 5.18 Å². The average molecular weight is 455 g/mol. The molecule has 0 saturated carbocycles. The Kier molecular flexibility index (Phi) is 6.11. The molecule has 1 unspecified atom stereocenters. The van der Waals surface area contributed by atoms with Gasteiger partial charge in [-0.25, -0.2) is 0 Å². The van der Waals surface area contributed by atoms with Crippen molar-refractivity contribution in [1.29, 1.82) is 0 Å². The van der Waals surface area contributed by atoms with Gasteiger partial charge in [-0.2, -0.15) is 0 Å². The molecule has 3 aromatic carbocycles. The molecule has 0 heterocycles. The van der Waals surface area contributed by atoms with Crippen LogP contribution < -0.4 is 0 Å². The number of phenolic OH excluding ortho intramolecular Hbond substituents is 6. The summed E-state index contributed by atoms with van der Waals surface area (Å²) in [7, 11) is 0. The first-order chi connectivity index (χ1) is 15.4. The van der Waals surface area contributed by atoms with Gasteiger partial charge >= 0.3 is 0 Å². The molecule has 0 aliphatic heterocycles. The lowest BCUT2D eigenvalue weighted by atomic mass is 9.85. The van der Waals surface area contributed by atoms with E-state index in [4.69, 9.17) is 0 Å². The van der Waals surface area contributed by atoms with Gasteiger partial charge in [-0.15, -0.1) is 4.91 Å². The summed E-state index contributed by atoms with van der Waals surface area (Å²) in [6, 6.07) is 4.73. The maximum Gasteiger partial charge on any atom is 0.200 e. The van der Waals surface area contributed by atoms with Crippen molar-refractivity contribution in [3.63, 3.8) is 0 Å². The van der Waals surface area contributed by atoms with Gasteiger partial charge in [0, 0.05) is 11.1 Å². The zero-order chi connectivity index (χ0) is 24.8. The normalized spacial score (nSPS) is 13.0. The first kappa shape index (κ1) is 23.7. The minimum Gasteiger partial charge on any atom is -0.504 e. The lowest BCUT2D eigenvalue weighted by molar-refractivity contribution is 0.211. The molecule has 3 aromatic rings. The molecular weight excluding hydrogens is 430 g/mol. The fourth-order valence-corrected chi connectivity index (χ4v) is 4.05. The number of nitroso groups, excluding NO2 is 1. The van der Waals surface area contributed by atoms with Gasteiger partial charge in [0.05, 0.1) is 0 Å². The number of hydrogen-bond donors (Lipinski definition) is 7. The van der Waals surface area contributed by atoms with E-state index in [1.807, 2.05) is 0 Å². The van der Waals surface area contributed by atoms with Crippen LogP contribution in [0.1, 0.15) is 56.7 Å². The van der Waals surface area contributed by atoms with Crippen molar-refractivity contribution in [1.82, 2.24) is 0 Å². The molecule has 33 heavy (non-hydrogen) atoms. The molecule has 0 aliphatic rings. The Balaban J connectivity index is 2.29. The number of hydrogen-bond acceptors (Lipinski definition) is 9. The molecule has 3 rings (SSSR count). The first-order valence-corrected chi connectivity index (χ1v) is 10.0. The third-order valence-electron chi connectivity index (χ3n) is 6.29. The van der Waals surface area contributed by atoms with Crippen molar-refractivity contribution >= 4 is 0 Å². The fraction of sp³-hybridized carbons (Fsp3) is 0.250. The number of aliphatic hydroxyl groups excluding tert-OH is 1. The van der Waals surface area contributed by atoms with E-state index in [1.165, 1.54) is 32.9 Å². The van der Waals surface area contributed by atoms with E-state index in [1.54, 1.807) is 19.1 Å². The minimum absolute atomic E-state index is 0.0527. The summed E-state index contributed by atoms with van der Waals surface area (Å²) in [4.78, 5) is 12.0. The van der Waals surface area contributed by atoms with Gasteiger partial charge in [-0.3, -0.25) is 0 Å². The number of rotatable bonds is 5. The Morgan fingerprint density at radius 3 is 1.52 bits per heavy atom. The van der Waals surface area contributed by atoms with E-state index in [0.717, 1.165) is 0 Å². The van der Waals surface area contributed by atoms with Crippen LogP contribution in [0.15, 0.2) is 29.4 Å². The molecule has 9 heteroatoms. The van der Waals surface area contributed by atoms with Crippen LogP contribution in [0.2, 0.25) is 0 Å². The quantitative estimate of drug-likeness (QED) is 0.223. The number of benzene rings is 3. The summed E-state index contributed by atoms with van der Waals surface area (Å²) in [6.07, 6.45) is -1.55. The highest BCUT2D eigenvalue weighted by Gasteiger charge is 2.32. The molecular formula is C24H25NO8. The second-order valence-electron chi connectivity index (χ2n) is 7.96. The molecule has 9 nitrogen and oxygen atoms in total. The summed E-state index contributed by atoms with van der Waals surface area (Å²) in [5.41, 5.74) is 1.27. The van der Waals surface area contributed by atoms with Crippen LogP contribution in [0, 0.1) is 32.6 Å². The molecule has 0 spiro atoms. The van der Waals surface area contributed by atoms with Gasteiger partial charge in [0.1, 0.15) is 12.1 Å². The first-order valence-electron chi connectivity index (χ1n) is 10.0. The molecule has 2 atom stereocenters. The SMILES string of the molecule is Cc1c(C)c(C(O)c2ccccc2[C@H](N=O)c2c(C)c(C)c(O)c(O)c2O)c(O)c(O)c1O. The number of aliphatic hydroxyl groups is 1. The zero-order valence-corrected chi connectivity index (χ0v) is 18.5. The summed E-state index contributed by atoms with van der Waals surface area (Å²) in [6.45, 7) is 6.09. The van der Waals surface area contributed by atoms with Gasteiger partial charge in [0.2, 0.25) is 11.5 Å². The second kappa shape index (κ2) is 8.51. The molecule has 174 valence electrons. The largest absolute Gasteiger partial charge is 0.504 e. The van der Waals surface area contributed by atoms with Crippen LogP contribution in [-0.2, 0) is 0 Å². The predicted octanol–water partition coefficient (Wildman–Crippen LogP) is 4.09. The van der Waals surface area contributed by atoms with Crippen molar-refractivity contribution in [2.75, 3.05) is 0 Å². The highest BCUT2D eigenvalue weighted by atomic mass is 16.3. The van der Waals surface area contributed by atoms with Crippen LogP contribution in [0.3, 0.4) is 0 Å². The van der Waals surface area contributed by atoms with E-state index in [9.17, 15) is 40.7 Å². The van der Waals surface area contributed by atoms with Crippen molar-refractivity contribution in [2.45, 2.75) is 39.8 Å². The minimum atomic E-state index is -1.55. The molecule has 0 bridgehead atoms. The molecule has 0 aromatic heterocycles. The molecule has 0 saturated heterocycles. The van der Waals surface area contributed by atoms with E-state index in [-0.39, 0.29) is 33.4 Å². The third-order valence-corrected chi connectivity index (χ3v) is 6.29. The average Bonchev–Trinajstić information content (AvgIpc) is 2.81. The summed E-state index contributed by atoms with van der Waals surface area (Å²) in [5, 5.41) is 75.5. The van der Waals surface area contributed by atoms with Crippen LogP contribution in [0.5, 0.6) is 34.5 Å². The van der Waals surface area contributed by atoms with E-state index in [2.05, 4.69) is 5.18 Å². The zero-order valence-electron chi connectivity index (χ0n) is 18.5. The number of aromatic hydroxyl groups is 6. The lowest BCUT2D eigenvalue weighted by Crippen LogP contribution is -2.11. The highest BCUT2D eigenvalue weighted by Crippen LogP contribution is 2.50. The Morgan fingerprint density at radius 2 is 1.03 bits per heavy atom. The highest BCUT2D eigenvalue weighted by molar-refractivity contribution is 5.65. The van der Waals surface area contributed by atoms with Crippen LogP contribution >= 0.6 is 0 Å². The monoisotopic (exact) mass is 455 g/mol. The summed E-state index contributed by atoms with van der Waals surface area (Å²) < 4.78 is 0. The van der Waals surface area contributed by atoms with Crippen molar-refractivity contribution in [3.05, 3.63) is 73.7 Å². The van der Waals surface area contributed by atoms with E-state index in [0.29, 0.717) is 11.1 Å². The Hall–Kier alpha value is -3.98. The predicted molar refractivity (Wildman–Crippen MR) is 120 cm³/mol. The second-order valence-corrected chi connectivity index (χ2v) is 7.96. The van der Waals surface area contributed by atoms with Gasteiger partial charge in [-0.1, -0.05) is 29.4 Å². The van der Waals surface area contributed by atoms with E-state index >= 15 is 0 Å². The van der Waals surface area contributed by atoms with Crippen LogP contribution in [0.4, 0.5) is 0 Å². The number of phenols is 6. The van der Waals surface area contributed by atoms with Crippen LogP contribution in [-0.4, -0.2) is 35.7 Å². The van der Waals surface area contributed by atoms with Crippen LogP contribution in [0.25, 0.3) is 0 Å². The fourth-order valence-electron chi connectivity index (χ4n) is 4.05. The summed E-state index contributed by atoms with van der Waals surface area (Å²) >= 11 is 0. The van der Waals surface area contributed by atoms with Gasteiger partial charge in [0.25, 0.3) is 0 Å². The molecule has 0 radical (unpaired) electrons. The maximum atomic E-state index is 12.0. The van der Waals surface area contributed by atoms with E-state index < -0.39 is 46.6 Å². The molecule has 7 N–H and O–H groups in total. The van der Waals surface area contributed by atoms with Gasteiger partial charge < -0.3 is 35.7 Å². The standard InChI is InChI=1S/C24H25NO8/c1-9-11(3)18(26)23(31)21(29)15(9)17(25-33)13-7-5-6-8-14(13)20(28)16-10(2)12(4)19(27)24(32)22(16)30/h5-8,17,20,26-32H,1-4H3/t17-,20?/m0/s1. The van der Waals surface area contributed by atoms with Crippen molar-refractivity contribution in [3.8, 4) is 34.5 Å². The Bertz CT molecular complexity index is 1210. The topological polar surface area (TPSA) is 171 Å². The van der Waals surface area contributed by atoms with Gasteiger partial charge in [-0.05, 0) is 61.1 Å². The lowest BCUT2D eigenvalue weighted by Gasteiger charge is -2.24. The van der Waals surface area contributed by atoms with Gasteiger partial charge in [0.15, 0.2) is 23.0 Å². The number of nitrogens with zero attached hydrogens (tertiary/aromatic N) is 1. The molecule has 0 aliphatic carbocycles. The third kappa shape index (κ3) is 3.56. The Morgan fingerprint density at radius 1 is 0.606 bits per heavy atom. The smallest absolute Gasteiger partial charge is 0.200 e. The maximum absolute atomic E-state index is 12.0. The van der Waals surface area contributed by atoms with Crippen molar-refractivity contribution < 1.29 is 35.7 Å². The molecule has 0 fully saturated rings. The molecule has 0 amide bonds.